The molecule has 3 aromatic rings. The van der Waals surface area contributed by atoms with Crippen molar-refractivity contribution in [2.75, 3.05) is 13.8 Å². The van der Waals surface area contributed by atoms with Crippen LogP contribution >= 0.6 is 0 Å². The van der Waals surface area contributed by atoms with Crippen LogP contribution in [0.15, 0.2) is 51.7 Å². The van der Waals surface area contributed by atoms with Crippen LogP contribution < -0.4 is 15.1 Å². The van der Waals surface area contributed by atoms with Crippen LogP contribution in [-0.2, 0) is 13.1 Å². The van der Waals surface area contributed by atoms with Crippen molar-refractivity contribution >= 4 is 11.0 Å². The van der Waals surface area contributed by atoms with E-state index in [1.165, 1.54) is 0 Å². The lowest BCUT2D eigenvalue weighted by Crippen LogP contribution is -2.31. The molecule has 0 radical (unpaired) electrons. The molecule has 0 saturated carbocycles. The zero-order valence-electron chi connectivity index (χ0n) is 15.8. The van der Waals surface area contributed by atoms with Gasteiger partial charge in [0.25, 0.3) is 0 Å². The van der Waals surface area contributed by atoms with Gasteiger partial charge in [-0.2, -0.15) is 0 Å². The third-order valence-electron chi connectivity index (χ3n) is 5.00. The molecular formula is C22H23NO4. The van der Waals surface area contributed by atoms with E-state index in [0.717, 1.165) is 33.6 Å². The molecule has 0 aliphatic carbocycles. The van der Waals surface area contributed by atoms with Gasteiger partial charge in [0.15, 0.2) is 0 Å². The second-order valence-electron chi connectivity index (χ2n) is 7.17. The van der Waals surface area contributed by atoms with Gasteiger partial charge in [0.05, 0.1) is 12.7 Å². The summed E-state index contributed by atoms with van der Waals surface area (Å²) in [7, 11) is 1.68. The Balaban J connectivity index is 1.73. The number of nitrogens with zero attached hydrogens (tertiary/aromatic N) is 1. The molecular weight excluding hydrogens is 342 g/mol. The SMILES string of the molecule is COc1ccccc1CN1COc2ccc3c(C(C)C)cc(=O)oc3c2C1. The Labute approximate surface area is 158 Å². The first-order valence-electron chi connectivity index (χ1n) is 9.13. The summed E-state index contributed by atoms with van der Waals surface area (Å²) in [5, 5.41) is 0.978. The Bertz CT molecular complexity index is 1040. The zero-order chi connectivity index (χ0) is 19.0. The summed E-state index contributed by atoms with van der Waals surface area (Å²) in [4.78, 5) is 14.3. The Morgan fingerprint density at radius 2 is 2.00 bits per heavy atom. The Kier molecular flexibility index (Phi) is 4.62. The third kappa shape index (κ3) is 3.30. The molecule has 5 heteroatoms. The Hall–Kier alpha value is -2.79. The quantitative estimate of drug-likeness (QED) is 0.646. The maximum Gasteiger partial charge on any atom is 0.336 e. The number of rotatable bonds is 4. The van der Waals surface area contributed by atoms with Crippen LogP contribution in [0.25, 0.3) is 11.0 Å². The molecule has 0 fully saturated rings. The van der Waals surface area contributed by atoms with Crippen LogP contribution in [-0.4, -0.2) is 18.7 Å². The minimum Gasteiger partial charge on any atom is -0.496 e. The van der Waals surface area contributed by atoms with Gasteiger partial charge in [-0.3, -0.25) is 4.90 Å². The van der Waals surface area contributed by atoms with Crippen LogP contribution in [0.4, 0.5) is 0 Å². The molecule has 0 amide bonds. The fourth-order valence-corrected chi connectivity index (χ4v) is 3.66. The maximum absolute atomic E-state index is 12.1. The van der Waals surface area contributed by atoms with E-state index in [9.17, 15) is 4.79 Å². The molecule has 5 nitrogen and oxygen atoms in total. The van der Waals surface area contributed by atoms with E-state index < -0.39 is 0 Å². The van der Waals surface area contributed by atoms with Crippen LogP contribution in [0.2, 0.25) is 0 Å². The highest BCUT2D eigenvalue weighted by molar-refractivity contribution is 5.85. The number of fused-ring (bicyclic) bond motifs is 3. The summed E-state index contributed by atoms with van der Waals surface area (Å²) < 4.78 is 17.0. The number of hydrogen-bond donors (Lipinski definition) is 0. The van der Waals surface area contributed by atoms with Crippen molar-refractivity contribution in [3.05, 3.63) is 69.6 Å². The fourth-order valence-electron chi connectivity index (χ4n) is 3.66. The van der Waals surface area contributed by atoms with E-state index >= 15 is 0 Å². The van der Waals surface area contributed by atoms with Crippen molar-refractivity contribution in [1.29, 1.82) is 0 Å². The predicted molar refractivity (Wildman–Crippen MR) is 104 cm³/mol. The standard InChI is InChI=1S/C22H23NO4/c1-14(2)17-10-21(24)27-22-16(17)8-9-20-18(22)12-23(13-26-20)11-15-6-4-5-7-19(15)25-3/h4-10,14H,11-13H2,1-3H3. The molecule has 2 heterocycles. The molecule has 0 bridgehead atoms. The van der Waals surface area contributed by atoms with Gasteiger partial charge < -0.3 is 13.9 Å². The topological polar surface area (TPSA) is 51.9 Å². The first-order valence-corrected chi connectivity index (χ1v) is 9.13. The monoisotopic (exact) mass is 365 g/mol. The lowest BCUT2D eigenvalue weighted by atomic mass is 9.97. The summed E-state index contributed by atoms with van der Waals surface area (Å²) in [5.41, 5.74) is 3.34. The lowest BCUT2D eigenvalue weighted by molar-refractivity contribution is 0.0882. The number of methoxy groups -OCH3 is 1. The molecule has 2 aromatic carbocycles. The van der Waals surface area contributed by atoms with Gasteiger partial charge in [0, 0.05) is 30.1 Å². The average Bonchev–Trinajstić information content (AvgIpc) is 2.67. The van der Waals surface area contributed by atoms with Gasteiger partial charge in [0.2, 0.25) is 0 Å². The Morgan fingerprint density at radius 3 is 2.78 bits per heavy atom. The molecule has 1 aromatic heterocycles. The second-order valence-corrected chi connectivity index (χ2v) is 7.17. The van der Waals surface area contributed by atoms with Gasteiger partial charge in [-0.1, -0.05) is 32.0 Å². The summed E-state index contributed by atoms with van der Waals surface area (Å²) in [6, 6.07) is 13.5. The van der Waals surface area contributed by atoms with E-state index in [2.05, 4.69) is 24.8 Å². The van der Waals surface area contributed by atoms with E-state index in [1.54, 1.807) is 13.2 Å². The van der Waals surface area contributed by atoms with Gasteiger partial charge in [-0.15, -0.1) is 0 Å². The molecule has 0 spiro atoms. The van der Waals surface area contributed by atoms with Crippen molar-refractivity contribution in [3.8, 4) is 11.5 Å². The van der Waals surface area contributed by atoms with Crippen LogP contribution in [0.5, 0.6) is 11.5 Å². The van der Waals surface area contributed by atoms with E-state index in [0.29, 0.717) is 25.4 Å². The third-order valence-corrected chi connectivity index (χ3v) is 5.00. The summed E-state index contributed by atoms with van der Waals surface area (Å²) >= 11 is 0. The minimum absolute atomic E-state index is 0.240. The molecule has 0 saturated heterocycles. The van der Waals surface area contributed by atoms with Gasteiger partial charge >= 0.3 is 5.63 Å². The predicted octanol–water partition coefficient (Wildman–Crippen LogP) is 4.28. The number of benzene rings is 2. The largest absolute Gasteiger partial charge is 0.496 e. The molecule has 0 atom stereocenters. The first-order chi connectivity index (χ1) is 13.1. The zero-order valence-corrected chi connectivity index (χ0v) is 15.8. The molecule has 4 rings (SSSR count). The first kappa shape index (κ1) is 17.6. The number of para-hydroxylation sites is 1. The van der Waals surface area contributed by atoms with Gasteiger partial charge in [-0.25, -0.2) is 4.79 Å². The summed E-state index contributed by atoms with van der Waals surface area (Å²) in [6.07, 6.45) is 0. The lowest BCUT2D eigenvalue weighted by Gasteiger charge is -2.30. The van der Waals surface area contributed by atoms with Gasteiger partial charge in [-0.05, 0) is 29.7 Å². The van der Waals surface area contributed by atoms with Gasteiger partial charge in [0.1, 0.15) is 23.8 Å². The molecule has 1 aliphatic heterocycles. The van der Waals surface area contributed by atoms with Crippen molar-refractivity contribution in [1.82, 2.24) is 4.90 Å². The summed E-state index contributed by atoms with van der Waals surface area (Å²) in [6.45, 7) is 5.98. The fraction of sp³-hybridized carbons (Fsp3) is 0.318. The highest BCUT2D eigenvalue weighted by Gasteiger charge is 2.23. The molecule has 140 valence electrons. The maximum atomic E-state index is 12.1. The Morgan fingerprint density at radius 1 is 1.19 bits per heavy atom. The highest BCUT2D eigenvalue weighted by Crippen LogP contribution is 2.35. The van der Waals surface area contributed by atoms with Crippen molar-refractivity contribution < 1.29 is 13.9 Å². The van der Waals surface area contributed by atoms with Crippen LogP contribution in [0, 0.1) is 0 Å². The summed E-state index contributed by atoms with van der Waals surface area (Å²) in [5.74, 6) is 1.88. The average molecular weight is 365 g/mol. The van der Waals surface area contributed by atoms with E-state index in [-0.39, 0.29) is 11.5 Å². The normalized spacial score (nSPS) is 14.2. The van der Waals surface area contributed by atoms with Crippen molar-refractivity contribution in [2.45, 2.75) is 32.9 Å². The van der Waals surface area contributed by atoms with Crippen LogP contribution in [0.1, 0.15) is 36.5 Å². The number of ether oxygens (including phenoxy) is 2. The second kappa shape index (κ2) is 7.08. The van der Waals surface area contributed by atoms with E-state index in [4.69, 9.17) is 13.9 Å². The highest BCUT2D eigenvalue weighted by atomic mass is 16.5. The molecule has 0 N–H and O–H groups in total. The van der Waals surface area contributed by atoms with Crippen molar-refractivity contribution in [2.24, 2.45) is 0 Å². The minimum atomic E-state index is -0.318. The van der Waals surface area contributed by atoms with E-state index in [1.807, 2.05) is 30.3 Å². The smallest absolute Gasteiger partial charge is 0.336 e. The van der Waals surface area contributed by atoms with Crippen molar-refractivity contribution in [3.63, 3.8) is 0 Å². The number of hydrogen-bond acceptors (Lipinski definition) is 5. The van der Waals surface area contributed by atoms with Crippen LogP contribution in [0.3, 0.4) is 0 Å². The molecule has 1 aliphatic rings. The molecule has 27 heavy (non-hydrogen) atoms. The molecule has 0 unspecified atom stereocenters.